The van der Waals surface area contributed by atoms with Gasteiger partial charge in [0.25, 0.3) is 5.91 Å². The molecule has 0 spiro atoms. The molecule has 0 aromatic carbocycles. The van der Waals surface area contributed by atoms with Crippen molar-refractivity contribution in [2.45, 2.75) is 19.4 Å². The lowest BCUT2D eigenvalue weighted by atomic mass is 10.2. The molecule has 0 saturated carbocycles. The topological polar surface area (TPSA) is 75.4 Å². The van der Waals surface area contributed by atoms with Crippen LogP contribution in [0.2, 0.25) is 4.34 Å². The zero-order valence-corrected chi connectivity index (χ0v) is 11.8. The second-order valence-corrected chi connectivity index (χ2v) is 5.66. The summed E-state index contributed by atoms with van der Waals surface area (Å²) in [4.78, 5) is 12.7. The first-order chi connectivity index (χ1) is 9.13. The average Bonchev–Trinajstić information content (AvgIpc) is 3.04. The molecule has 0 bridgehead atoms. The molecule has 102 valence electrons. The van der Waals surface area contributed by atoms with Gasteiger partial charge in [0.15, 0.2) is 11.5 Å². The maximum Gasteiger partial charge on any atom is 0.273 e. The Balaban J connectivity index is 2.10. The van der Waals surface area contributed by atoms with Crippen molar-refractivity contribution < 1.29 is 14.4 Å². The molecule has 0 fully saturated rings. The fourth-order valence-corrected chi connectivity index (χ4v) is 2.47. The molecule has 7 heteroatoms. The quantitative estimate of drug-likeness (QED) is 0.890. The van der Waals surface area contributed by atoms with E-state index in [1.54, 1.807) is 18.2 Å². The minimum Gasteiger partial charge on any atom is -0.394 e. The molecule has 2 aromatic rings. The number of nitrogens with zero attached hydrogens (tertiary/aromatic N) is 1. The van der Waals surface area contributed by atoms with E-state index in [0.717, 1.165) is 4.88 Å². The molecular weight excluding hydrogens is 288 g/mol. The highest BCUT2D eigenvalue weighted by atomic mass is 35.5. The van der Waals surface area contributed by atoms with Crippen LogP contribution in [0.15, 0.2) is 22.7 Å². The second-order valence-electron chi connectivity index (χ2n) is 3.94. The van der Waals surface area contributed by atoms with Gasteiger partial charge in [-0.05, 0) is 18.6 Å². The zero-order chi connectivity index (χ0) is 13.8. The summed E-state index contributed by atoms with van der Waals surface area (Å²) >= 11 is 7.18. The number of aliphatic hydroxyl groups is 1. The van der Waals surface area contributed by atoms with Crippen LogP contribution in [0.1, 0.15) is 23.8 Å². The molecule has 2 rings (SSSR count). The van der Waals surface area contributed by atoms with Gasteiger partial charge in [-0.3, -0.25) is 4.79 Å². The highest BCUT2D eigenvalue weighted by molar-refractivity contribution is 7.19. The van der Waals surface area contributed by atoms with Gasteiger partial charge in [-0.15, -0.1) is 11.3 Å². The van der Waals surface area contributed by atoms with Gasteiger partial charge in [-0.1, -0.05) is 23.7 Å². The number of aliphatic hydroxyl groups excluding tert-OH is 1. The lowest BCUT2D eigenvalue weighted by Crippen LogP contribution is -2.37. The first kappa shape index (κ1) is 14.0. The molecule has 0 aliphatic rings. The van der Waals surface area contributed by atoms with E-state index in [4.69, 9.17) is 21.2 Å². The summed E-state index contributed by atoms with van der Waals surface area (Å²) in [6.45, 7) is 1.77. The van der Waals surface area contributed by atoms with Crippen molar-refractivity contribution in [1.82, 2.24) is 10.5 Å². The number of carbonyl (C=O) groups excluding carboxylic acids is 1. The van der Waals surface area contributed by atoms with E-state index >= 15 is 0 Å². The molecule has 5 nitrogen and oxygen atoms in total. The Bertz CT molecular complexity index is 563. The Morgan fingerprint density at radius 1 is 1.63 bits per heavy atom. The lowest BCUT2D eigenvalue weighted by Gasteiger charge is -2.11. The molecule has 0 aliphatic carbocycles. The molecule has 1 amide bonds. The van der Waals surface area contributed by atoms with Crippen molar-refractivity contribution >= 4 is 28.8 Å². The number of rotatable bonds is 5. The summed E-state index contributed by atoms with van der Waals surface area (Å²) in [7, 11) is 0. The maximum atomic E-state index is 11.9. The lowest BCUT2D eigenvalue weighted by molar-refractivity contribution is 0.0906. The van der Waals surface area contributed by atoms with Gasteiger partial charge in [0, 0.05) is 6.07 Å². The Hall–Kier alpha value is -1.37. The first-order valence-electron chi connectivity index (χ1n) is 5.78. The monoisotopic (exact) mass is 300 g/mol. The van der Waals surface area contributed by atoms with Crippen LogP contribution in [0.25, 0.3) is 10.6 Å². The van der Waals surface area contributed by atoms with E-state index in [2.05, 4.69) is 10.5 Å². The molecule has 2 heterocycles. The fraction of sp³-hybridized carbons (Fsp3) is 0.333. The van der Waals surface area contributed by atoms with Gasteiger partial charge in [-0.2, -0.15) is 0 Å². The number of aromatic nitrogens is 1. The molecule has 1 atom stereocenters. The van der Waals surface area contributed by atoms with E-state index in [-0.39, 0.29) is 24.2 Å². The van der Waals surface area contributed by atoms with Gasteiger partial charge < -0.3 is 14.9 Å². The van der Waals surface area contributed by atoms with Gasteiger partial charge in [0.05, 0.1) is 21.9 Å². The van der Waals surface area contributed by atoms with Crippen LogP contribution in [-0.2, 0) is 0 Å². The van der Waals surface area contributed by atoms with Crippen LogP contribution < -0.4 is 5.32 Å². The molecule has 0 radical (unpaired) electrons. The molecular formula is C12H13ClN2O3S. The Labute approximate surface area is 119 Å². The summed E-state index contributed by atoms with van der Waals surface area (Å²) in [6, 6.07) is 4.84. The SMILES string of the molecule is CCC(CO)NC(=O)c1cc(-c2ccc(Cl)s2)on1. The highest BCUT2D eigenvalue weighted by Gasteiger charge is 2.17. The van der Waals surface area contributed by atoms with Gasteiger partial charge in [0.2, 0.25) is 0 Å². The normalized spacial score (nSPS) is 12.4. The third-order valence-corrected chi connectivity index (χ3v) is 3.85. The number of halogens is 1. The van der Waals surface area contributed by atoms with Crippen LogP contribution in [0.3, 0.4) is 0 Å². The summed E-state index contributed by atoms with van der Waals surface area (Å²) < 4.78 is 5.75. The smallest absolute Gasteiger partial charge is 0.273 e. The van der Waals surface area contributed by atoms with Crippen molar-refractivity contribution in [3.8, 4) is 10.6 Å². The van der Waals surface area contributed by atoms with Gasteiger partial charge in [0.1, 0.15) is 0 Å². The summed E-state index contributed by atoms with van der Waals surface area (Å²) in [5.74, 6) is 0.137. The van der Waals surface area contributed by atoms with Crippen LogP contribution in [-0.4, -0.2) is 28.8 Å². The standard InChI is InChI=1S/C12H13ClN2O3S/c1-2-7(6-16)14-12(17)8-5-9(18-15-8)10-3-4-11(13)19-10/h3-5,7,16H,2,6H2,1H3,(H,14,17). The molecule has 2 N–H and O–H groups in total. The van der Waals surface area contributed by atoms with Crippen molar-refractivity contribution in [3.05, 3.63) is 28.2 Å². The molecule has 1 unspecified atom stereocenters. The summed E-state index contributed by atoms with van der Waals surface area (Å²) in [5.41, 5.74) is 0.187. The number of nitrogens with one attached hydrogen (secondary N) is 1. The first-order valence-corrected chi connectivity index (χ1v) is 6.97. The minimum atomic E-state index is -0.362. The third kappa shape index (κ3) is 3.34. The number of thiophene rings is 1. The van der Waals surface area contributed by atoms with E-state index in [0.29, 0.717) is 16.5 Å². The number of carbonyl (C=O) groups is 1. The Morgan fingerprint density at radius 2 is 2.42 bits per heavy atom. The van der Waals surface area contributed by atoms with Crippen LogP contribution in [0.5, 0.6) is 0 Å². The van der Waals surface area contributed by atoms with Crippen molar-refractivity contribution in [1.29, 1.82) is 0 Å². The molecule has 2 aromatic heterocycles. The average molecular weight is 301 g/mol. The second kappa shape index (κ2) is 6.18. The van der Waals surface area contributed by atoms with Crippen molar-refractivity contribution in [2.75, 3.05) is 6.61 Å². The summed E-state index contributed by atoms with van der Waals surface area (Å²) in [6.07, 6.45) is 0.646. The van der Waals surface area contributed by atoms with Gasteiger partial charge in [-0.25, -0.2) is 0 Å². The molecule has 19 heavy (non-hydrogen) atoms. The van der Waals surface area contributed by atoms with Crippen LogP contribution >= 0.6 is 22.9 Å². The Morgan fingerprint density at radius 3 is 3.00 bits per heavy atom. The van der Waals surface area contributed by atoms with E-state index in [9.17, 15) is 4.79 Å². The number of amides is 1. The summed E-state index contributed by atoms with van der Waals surface area (Å²) in [5, 5.41) is 15.4. The Kier molecular flexibility index (Phi) is 4.57. The fourth-order valence-electron chi connectivity index (χ4n) is 1.48. The minimum absolute atomic E-state index is 0.104. The van der Waals surface area contributed by atoms with Crippen molar-refractivity contribution in [3.63, 3.8) is 0 Å². The van der Waals surface area contributed by atoms with E-state index in [1.165, 1.54) is 11.3 Å². The predicted octanol–water partition coefficient (Wildman–Crippen LogP) is 2.56. The van der Waals surface area contributed by atoms with E-state index in [1.807, 2.05) is 6.92 Å². The number of hydrogen-bond donors (Lipinski definition) is 2. The zero-order valence-electron chi connectivity index (χ0n) is 10.2. The largest absolute Gasteiger partial charge is 0.394 e. The van der Waals surface area contributed by atoms with Crippen LogP contribution in [0, 0.1) is 0 Å². The highest BCUT2D eigenvalue weighted by Crippen LogP contribution is 2.31. The van der Waals surface area contributed by atoms with Crippen molar-refractivity contribution in [2.24, 2.45) is 0 Å². The predicted molar refractivity (Wildman–Crippen MR) is 73.5 cm³/mol. The number of hydrogen-bond acceptors (Lipinski definition) is 5. The maximum absolute atomic E-state index is 11.9. The molecule has 0 aliphatic heterocycles. The third-order valence-electron chi connectivity index (χ3n) is 2.61. The molecule has 0 saturated heterocycles. The van der Waals surface area contributed by atoms with E-state index < -0.39 is 0 Å². The van der Waals surface area contributed by atoms with Gasteiger partial charge >= 0.3 is 0 Å². The van der Waals surface area contributed by atoms with Crippen LogP contribution in [0.4, 0.5) is 0 Å².